The van der Waals surface area contributed by atoms with Gasteiger partial charge in [-0.3, -0.25) is 4.90 Å². The minimum Gasteiger partial charge on any atom is -0.314 e. The van der Waals surface area contributed by atoms with Crippen LogP contribution in [0, 0.1) is 0 Å². The number of hydrogen-bond donors (Lipinski definition) is 1. The van der Waals surface area contributed by atoms with Crippen molar-refractivity contribution in [3.63, 3.8) is 0 Å². The van der Waals surface area contributed by atoms with Crippen LogP contribution in [0.2, 0.25) is 0 Å². The van der Waals surface area contributed by atoms with Gasteiger partial charge in [0.2, 0.25) is 0 Å². The van der Waals surface area contributed by atoms with Gasteiger partial charge in [0.25, 0.3) is 0 Å². The first-order valence-corrected chi connectivity index (χ1v) is 6.84. The smallest absolute Gasteiger partial charge is 0.0178 e. The van der Waals surface area contributed by atoms with Crippen molar-refractivity contribution in [1.82, 2.24) is 10.2 Å². The molecule has 1 aromatic rings. The van der Waals surface area contributed by atoms with Crippen LogP contribution in [0.3, 0.4) is 0 Å². The summed E-state index contributed by atoms with van der Waals surface area (Å²) in [6.07, 6.45) is 2.47. The molecule has 0 radical (unpaired) electrons. The van der Waals surface area contributed by atoms with Crippen molar-refractivity contribution in [3.8, 4) is 0 Å². The van der Waals surface area contributed by atoms with Gasteiger partial charge in [0.1, 0.15) is 0 Å². The Morgan fingerprint density at radius 2 is 1.88 bits per heavy atom. The van der Waals surface area contributed by atoms with Crippen LogP contribution < -0.4 is 5.32 Å². The fraction of sp³-hybridized carbons (Fsp3) is 0.538. The molecular formula is C13H17BrN2. The van der Waals surface area contributed by atoms with Crippen LogP contribution in [-0.4, -0.2) is 37.1 Å². The fourth-order valence-electron chi connectivity index (χ4n) is 2.87. The molecule has 16 heavy (non-hydrogen) atoms. The van der Waals surface area contributed by atoms with E-state index in [2.05, 4.69) is 44.3 Å². The molecule has 3 heteroatoms. The molecule has 2 aliphatic rings. The maximum absolute atomic E-state index is 3.56. The molecule has 1 N–H and O–H groups in total. The number of halogens is 1. The maximum Gasteiger partial charge on any atom is 0.0178 e. The summed E-state index contributed by atoms with van der Waals surface area (Å²) < 4.78 is 1.22. The Hall–Kier alpha value is -0.380. The highest BCUT2D eigenvalue weighted by Gasteiger charge is 2.27. The topological polar surface area (TPSA) is 15.3 Å². The molecule has 0 amide bonds. The van der Waals surface area contributed by atoms with Crippen LogP contribution in [0.25, 0.3) is 0 Å². The Kier molecular flexibility index (Phi) is 3.01. The molecule has 2 nitrogen and oxygen atoms in total. The van der Waals surface area contributed by atoms with Gasteiger partial charge < -0.3 is 5.32 Å². The summed E-state index contributed by atoms with van der Waals surface area (Å²) >= 11 is 3.56. The first-order valence-electron chi connectivity index (χ1n) is 6.05. The molecule has 1 saturated heterocycles. The van der Waals surface area contributed by atoms with Crippen molar-refractivity contribution in [2.45, 2.75) is 18.9 Å². The average Bonchev–Trinajstić information content (AvgIpc) is 2.73. The Balaban J connectivity index is 1.74. The van der Waals surface area contributed by atoms with Gasteiger partial charge in [0, 0.05) is 36.7 Å². The molecule has 0 saturated carbocycles. The molecule has 1 atom stereocenters. The van der Waals surface area contributed by atoms with Crippen LogP contribution in [-0.2, 0) is 12.8 Å². The summed E-state index contributed by atoms with van der Waals surface area (Å²) in [7, 11) is 0. The van der Waals surface area contributed by atoms with E-state index in [0.717, 1.165) is 19.1 Å². The molecule has 1 aromatic carbocycles. The second kappa shape index (κ2) is 4.47. The van der Waals surface area contributed by atoms with Crippen molar-refractivity contribution < 1.29 is 0 Å². The van der Waals surface area contributed by atoms with E-state index in [4.69, 9.17) is 0 Å². The lowest BCUT2D eigenvalue weighted by Crippen LogP contribution is -2.48. The van der Waals surface area contributed by atoms with Crippen molar-refractivity contribution >= 4 is 15.9 Å². The first-order chi connectivity index (χ1) is 7.83. The van der Waals surface area contributed by atoms with Crippen molar-refractivity contribution in [2.75, 3.05) is 26.2 Å². The lowest BCUT2D eigenvalue weighted by molar-refractivity contribution is 0.178. The summed E-state index contributed by atoms with van der Waals surface area (Å²) in [5, 5.41) is 3.42. The van der Waals surface area contributed by atoms with E-state index >= 15 is 0 Å². The zero-order chi connectivity index (χ0) is 11.0. The minimum absolute atomic E-state index is 0.742. The van der Waals surface area contributed by atoms with Gasteiger partial charge in [0.15, 0.2) is 0 Å². The van der Waals surface area contributed by atoms with E-state index in [1.807, 2.05) is 0 Å². The van der Waals surface area contributed by atoms with E-state index in [1.165, 1.54) is 36.0 Å². The highest BCUT2D eigenvalue weighted by atomic mass is 79.9. The molecule has 1 heterocycles. The van der Waals surface area contributed by atoms with Gasteiger partial charge in [-0.15, -0.1) is 0 Å². The number of rotatable bonds is 1. The Morgan fingerprint density at radius 3 is 2.69 bits per heavy atom. The van der Waals surface area contributed by atoms with E-state index < -0.39 is 0 Å². The van der Waals surface area contributed by atoms with Crippen molar-refractivity contribution in [1.29, 1.82) is 0 Å². The molecular weight excluding hydrogens is 264 g/mol. The Morgan fingerprint density at radius 1 is 1.12 bits per heavy atom. The van der Waals surface area contributed by atoms with Crippen LogP contribution in [0.4, 0.5) is 0 Å². The monoisotopic (exact) mass is 280 g/mol. The largest absolute Gasteiger partial charge is 0.314 e. The SMILES string of the molecule is Brc1ccc2c(c1)CC(N1CCNCC1)C2. The molecule has 1 aliphatic heterocycles. The average molecular weight is 281 g/mol. The molecule has 0 spiro atoms. The second-order valence-electron chi connectivity index (χ2n) is 4.76. The van der Waals surface area contributed by atoms with E-state index in [0.29, 0.717) is 0 Å². The van der Waals surface area contributed by atoms with Gasteiger partial charge in [-0.2, -0.15) is 0 Å². The molecule has 1 aliphatic carbocycles. The summed E-state index contributed by atoms with van der Waals surface area (Å²) in [5.41, 5.74) is 3.09. The summed E-state index contributed by atoms with van der Waals surface area (Å²) in [4.78, 5) is 2.64. The highest BCUT2D eigenvalue weighted by molar-refractivity contribution is 9.10. The zero-order valence-corrected chi connectivity index (χ0v) is 11.0. The Bertz CT molecular complexity index is 386. The van der Waals surface area contributed by atoms with E-state index in [-0.39, 0.29) is 0 Å². The molecule has 0 bridgehead atoms. The number of benzene rings is 1. The van der Waals surface area contributed by atoms with Gasteiger partial charge in [-0.05, 0) is 36.1 Å². The summed E-state index contributed by atoms with van der Waals surface area (Å²) in [5.74, 6) is 0. The summed E-state index contributed by atoms with van der Waals surface area (Å²) in [6, 6.07) is 7.48. The van der Waals surface area contributed by atoms with E-state index in [9.17, 15) is 0 Å². The number of fused-ring (bicyclic) bond motifs is 1. The summed E-state index contributed by atoms with van der Waals surface area (Å²) in [6.45, 7) is 4.72. The fourth-order valence-corrected chi connectivity index (χ4v) is 3.28. The standard InChI is InChI=1S/C13H17BrN2/c14-12-2-1-10-8-13(9-11(10)7-12)16-5-3-15-4-6-16/h1-2,7,13,15H,3-6,8-9H2. The number of hydrogen-bond acceptors (Lipinski definition) is 2. The maximum atomic E-state index is 3.56. The highest BCUT2D eigenvalue weighted by Crippen LogP contribution is 2.28. The van der Waals surface area contributed by atoms with E-state index in [1.54, 1.807) is 5.56 Å². The third kappa shape index (κ3) is 2.04. The van der Waals surface area contributed by atoms with Gasteiger partial charge in [0.05, 0.1) is 0 Å². The molecule has 1 unspecified atom stereocenters. The molecule has 86 valence electrons. The van der Waals surface area contributed by atoms with Crippen LogP contribution in [0.5, 0.6) is 0 Å². The predicted molar refractivity (Wildman–Crippen MR) is 69.8 cm³/mol. The molecule has 3 rings (SSSR count). The normalized spacial score (nSPS) is 25.7. The van der Waals surface area contributed by atoms with Gasteiger partial charge in [-0.25, -0.2) is 0 Å². The number of nitrogens with one attached hydrogen (secondary N) is 1. The third-order valence-electron chi connectivity index (χ3n) is 3.75. The third-order valence-corrected chi connectivity index (χ3v) is 4.24. The lowest BCUT2D eigenvalue weighted by Gasteiger charge is -2.32. The molecule has 0 aromatic heterocycles. The first kappa shape index (κ1) is 10.8. The Labute approximate surface area is 105 Å². The van der Waals surface area contributed by atoms with Crippen LogP contribution >= 0.6 is 15.9 Å². The second-order valence-corrected chi connectivity index (χ2v) is 5.68. The number of piperazine rings is 1. The zero-order valence-electron chi connectivity index (χ0n) is 9.38. The lowest BCUT2D eigenvalue weighted by atomic mass is 10.1. The van der Waals surface area contributed by atoms with Crippen molar-refractivity contribution in [2.24, 2.45) is 0 Å². The van der Waals surface area contributed by atoms with Crippen LogP contribution in [0.1, 0.15) is 11.1 Å². The van der Waals surface area contributed by atoms with Gasteiger partial charge >= 0.3 is 0 Å². The number of nitrogens with zero attached hydrogens (tertiary/aromatic N) is 1. The van der Waals surface area contributed by atoms with Gasteiger partial charge in [-0.1, -0.05) is 22.0 Å². The quantitative estimate of drug-likeness (QED) is 0.844. The van der Waals surface area contributed by atoms with Crippen LogP contribution in [0.15, 0.2) is 22.7 Å². The molecule has 1 fully saturated rings. The minimum atomic E-state index is 0.742. The predicted octanol–water partition coefficient (Wildman–Crippen LogP) is 1.82. The van der Waals surface area contributed by atoms with Crippen molar-refractivity contribution in [3.05, 3.63) is 33.8 Å².